The van der Waals surface area contributed by atoms with E-state index in [1.807, 2.05) is 44.2 Å². The van der Waals surface area contributed by atoms with Crippen LogP contribution in [-0.4, -0.2) is 34.6 Å². The summed E-state index contributed by atoms with van der Waals surface area (Å²) in [7, 11) is 0. The van der Waals surface area contributed by atoms with Gasteiger partial charge in [0, 0.05) is 34.8 Å². The second-order valence-electron chi connectivity index (χ2n) is 8.71. The van der Waals surface area contributed by atoms with Crippen LogP contribution in [0.25, 0.3) is 0 Å². The van der Waals surface area contributed by atoms with E-state index in [0.717, 1.165) is 5.56 Å². The van der Waals surface area contributed by atoms with Crippen molar-refractivity contribution >= 4 is 46.8 Å². The van der Waals surface area contributed by atoms with E-state index in [1.54, 1.807) is 41.3 Å². The first-order chi connectivity index (χ1) is 17.2. The third kappa shape index (κ3) is 8.26. The highest BCUT2D eigenvalue weighted by Gasteiger charge is 2.31. The number of nitrogens with one attached hydrogen (secondary N) is 1. The third-order valence-corrected chi connectivity index (χ3v) is 7.05. The minimum atomic E-state index is -0.761. The van der Waals surface area contributed by atoms with Gasteiger partial charge in [-0.1, -0.05) is 77.8 Å². The molecule has 1 N–H and O–H groups in total. The Morgan fingerprint density at radius 3 is 2.33 bits per heavy atom. The maximum atomic E-state index is 14.0. The molecule has 0 aromatic heterocycles. The van der Waals surface area contributed by atoms with E-state index in [0.29, 0.717) is 33.3 Å². The summed E-state index contributed by atoms with van der Waals surface area (Å²) in [5, 5.41) is 3.86. The van der Waals surface area contributed by atoms with Crippen molar-refractivity contribution in [3.8, 4) is 0 Å². The zero-order valence-electron chi connectivity index (χ0n) is 20.2. The Balaban J connectivity index is 1.88. The molecule has 1 atom stereocenters. The van der Waals surface area contributed by atoms with Gasteiger partial charge < -0.3 is 10.2 Å². The van der Waals surface area contributed by atoms with Crippen molar-refractivity contribution in [3.63, 3.8) is 0 Å². The Bertz CT molecular complexity index is 1180. The first-order valence-electron chi connectivity index (χ1n) is 11.6. The summed E-state index contributed by atoms with van der Waals surface area (Å²) < 4.78 is 14.0. The van der Waals surface area contributed by atoms with Crippen LogP contribution in [0.1, 0.15) is 30.5 Å². The summed E-state index contributed by atoms with van der Waals surface area (Å²) in [6.07, 6.45) is 0.342. The van der Waals surface area contributed by atoms with E-state index in [4.69, 9.17) is 23.2 Å². The van der Waals surface area contributed by atoms with Crippen LogP contribution in [0.3, 0.4) is 0 Å². The van der Waals surface area contributed by atoms with Gasteiger partial charge in [0.15, 0.2) is 0 Å². The molecule has 2 amide bonds. The summed E-state index contributed by atoms with van der Waals surface area (Å²) in [6.45, 7) is 3.89. The molecule has 0 bridgehead atoms. The van der Waals surface area contributed by atoms with Crippen LogP contribution in [0.15, 0.2) is 72.8 Å². The Hall–Kier alpha value is -2.54. The van der Waals surface area contributed by atoms with Crippen molar-refractivity contribution in [2.24, 2.45) is 0 Å². The van der Waals surface area contributed by atoms with Gasteiger partial charge in [0.25, 0.3) is 0 Å². The summed E-state index contributed by atoms with van der Waals surface area (Å²) in [4.78, 5) is 28.5. The number of carbonyl (C=O) groups is 2. The topological polar surface area (TPSA) is 49.4 Å². The van der Waals surface area contributed by atoms with Crippen LogP contribution >= 0.6 is 35.0 Å². The van der Waals surface area contributed by atoms with Crippen LogP contribution in [-0.2, 0) is 28.3 Å². The minimum Gasteiger partial charge on any atom is -0.352 e. The lowest BCUT2D eigenvalue weighted by molar-refractivity contribution is -0.139. The van der Waals surface area contributed by atoms with Crippen LogP contribution in [0.2, 0.25) is 10.0 Å². The van der Waals surface area contributed by atoms with Gasteiger partial charge >= 0.3 is 0 Å². The molecular formula is C28H29Cl2FN2O2S. The molecule has 0 unspecified atom stereocenters. The molecule has 8 heteroatoms. The van der Waals surface area contributed by atoms with Gasteiger partial charge in [0.1, 0.15) is 11.9 Å². The van der Waals surface area contributed by atoms with Crippen LogP contribution in [0.4, 0.5) is 4.39 Å². The summed E-state index contributed by atoms with van der Waals surface area (Å²) in [6, 6.07) is 20.3. The standard InChI is InChI=1S/C28H29Cl2FN2O2S/c1-19(2)32-28(35)26(14-20-8-4-3-5-9-20)33(16-21-12-13-23(29)15-24(21)30)27(34)18-36-17-22-10-6-7-11-25(22)31/h3-13,15,19,26H,14,16-18H2,1-2H3,(H,32,35)/t26-/m1/s1. The first kappa shape index (κ1) is 28.0. The van der Waals surface area contributed by atoms with Crippen LogP contribution in [0.5, 0.6) is 0 Å². The van der Waals surface area contributed by atoms with Gasteiger partial charge in [-0.3, -0.25) is 9.59 Å². The quantitative estimate of drug-likeness (QED) is 0.297. The van der Waals surface area contributed by atoms with E-state index in [9.17, 15) is 14.0 Å². The number of amides is 2. The van der Waals surface area contributed by atoms with Crippen molar-refractivity contribution in [3.05, 3.63) is 105 Å². The van der Waals surface area contributed by atoms with Crippen molar-refractivity contribution in [2.75, 3.05) is 5.75 Å². The maximum absolute atomic E-state index is 14.0. The Kier molecular flexibility index (Phi) is 10.7. The summed E-state index contributed by atoms with van der Waals surface area (Å²) in [5.74, 6) is -0.357. The fourth-order valence-electron chi connectivity index (χ4n) is 3.71. The van der Waals surface area contributed by atoms with Gasteiger partial charge in [0.05, 0.1) is 5.75 Å². The lowest BCUT2D eigenvalue weighted by Gasteiger charge is -2.32. The van der Waals surface area contributed by atoms with Crippen LogP contribution in [0, 0.1) is 5.82 Å². The predicted molar refractivity (Wildman–Crippen MR) is 147 cm³/mol. The van der Waals surface area contributed by atoms with E-state index in [2.05, 4.69) is 5.32 Å². The molecule has 3 rings (SSSR count). The highest BCUT2D eigenvalue weighted by Crippen LogP contribution is 2.25. The number of nitrogens with zero attached hydrogens (tertiary/aromatic N) is 1. The number of rotatable bonds is 11. The molecule has 0 aliphatic heterocycles. The van der Waals surface area contributed by atoms with Gasteiger partial charge in [-0.25, -0.2) is 4.39 Å². The number of benzene rings is 3. The zero-order valence-corrected chi connectivity index (χ0v) is 22.5. The average molecular weight is 548 g/mol. The molecule has 0 aliphatic rings. The number of thioether (sulfide) groups is 1. The molecule has 3 aromatic rings. The zero-order chi connectivity index (χ0) is 26.1. The minimum absolute atomic E-state index is 0.0831. The van der Waals surface area contributed by atoms with Gasteiger partial charge in [-0.2, -0.15) is 0 Å². The van der Waals surface area contributed by atoms with E-state index >= 15 is 0 Å². The molecule has 36 heavy (non-hydrogen) atoms. The Morgan fingerprint density at radius 2 is 1.67 bits per heavy atom. The Labute approximate surface area is 226 Å². The monoisotopic (exact) mass is 546 g/mol. The van der Waals surface area contributed by atoms with Gasteiger partial charge in [-0.05, 0) is 48.7 Å². The molecule has 0 saturated carbocycles. The smallest absolute Gasteiger partial charge is 0.243 e. The van der Waals surface area contributed by atoms with Crippen molar-refractivity contribution in [2.45, 2.75) is 44.6 Å². The van der Waals surface area contributed by atoms with Crippen molar-refractivity contribution < 1.29 is 14.0 Å². The van der Waals surface area contributed by atoms with Gasteiger partial charge in [-0.15, -0.1) is 11.8 Å². The highest BCUT2D eigenvalue weighted by molar-refractivity contribution is 7.99. The SMILES string of the molecule is CC(C)NC(=O)[C@@H](Cc1ccccc1)N(Cc1ccc(Cl)cc1Cl)C(=O)CSCc1ccccc1F. The van der Waals surface area contributed by atoms with E-state index < -0.39 is 6.04 Å². The van der Waals surface area contributed by atoms with Crippen molar-refractivity contribution in [1.29, 1.82) is 0 Å². The Morgan fingerprint density at radius 1 is 0.972 bits per heavy atom. The number of carbonyl (C=O) groups excluding carboxylic acids is 2. The summed E-state index contributed by atoms with van der Waals surface area (Å²) >= 11 is 13.8. The second kappa shape index (κ2) is 13.7. The van der Waals surface area contributed by atoms with E-state index in [-0.39, 0.29) is 36.0 Å². The molecule has 0 spiro atoms. The molecular weight excluding hydrogens is 518 g/mol. The first-order valence-corrected chi connectivity index (χ1v) is 13.5. The third-order valence-electron chi connectivity index (χ3n) is 5.50. The number of hydrogen-bond acceptors (Lipinski definition) is 3. The summed E-state index contributed by atoms with van der Waals surface area (Å²) in [5.41, 5.74) is 2.14. The molecule has 0 fully saturated rings. The average Bonchev–Trinajstić information content (AvgIpc) is 2.84. The predicted octanol–water partition coefficient (Wildman–Crippen LogP) is 6.53. The molecule has 0 heterocycles. The maximum Gasteiger partial charge on any atom is 0.243 e. The molecule has 0 aliphatic carbocycles. The largest absolute Gasteiger partial charge is 0.352 e. The lowest BCUT2D eigenvalue weighted by Crippen LogP contribution is -2.52. The van der Waals surface area contributed by atoms with Crippen LogP contribution < -0.4 is 5.32 Å². The van der Waals surface area contributed by atoms with Crippen molar-refractivity contribution in [1.82, 2.24) is 10.2 Å². The fraction of sp³-hybridized carbons (Fsp3) is 0.286. The normalized spacial score (nSPS) is 11.8. The fourth-order valence-corrected chi connectivity index (χ4v) is 5.08. The molecule has 190 valence electrons. The molecule has 4 nitrogen and oxygen atoms in total. The number of halogens is 3. The highest BCUT2D eigenvalue weighted by atomic mass is 35.5. The lowest BCUT2D eigenvalue weighted by atomic mass is 10.0. The van der Waals surface area contributed by atoms with E-state index in [1.165, 1.54) is 17.8 Å². The van der Waals surface area contributed by atoms with Gasteiger partial charge in [0.2, 0.25) is 11.8 Å². The molecule has 0 radical (unpaired) electrons. The molecule has 3 aromatic carbocycles. The molecule has 0 saturated heterocycles. The number of hydrogen-bond donors (Lipinski definition) is 1. The second-order valence-corrected chi connectivity index (χ2v) is 10.5.